The first-order chi connectivity index (χ1) is 11.5. The van der Waals surface area contributed by atoms with Crippen LogP contribution in [-0.4, -0.2) is 75.2 Å². The Morgan fingerprint density at radius 3 is 2.40 bits per heavy atom. The number of hydrogen-bond acceptors (Lipinski definition) is 5. The molecule has 1 atom stereocenters. The van der Waals surface area contributed by atoms with E-state index >= 15 is 0 Å². The molecule has 1 unspecified atom stereocenters. The number of piperazine rings is 1. The summed E-state index contributed by atoms with van der Waals surface area (Å²) in [7, 11) is -3.22. The zero-order valence-electron chi connectivity index (χ0n) is 14.5. The molecule has 1 amide bonds. The number of halogens is 1. The SMILES string of the molecule is CCS(=O)(=O)c1ccc(C(=O)N2CCC(N3CCNCC3)C2)cc1.Cl. The number of nitrogens with one attached hydrogen (secondary N) is 1. The molecule has 2 aliphatic rings. The minimum Gasteiger partial charge on any atom is -0.337 e. The molecule has 0 bridgehead atoms. The van der Waals surface area contributed by atoms with Crippen LogP contribution in [0.1, 0.15) is 23.7 Å². The first-order valence-corrected chi connectivity index (χ1v) is 10.2. The van der Waals surface area contributed by atoms with Crippen molar-refractivity contribution in [1.29, 1.82) is 0 Å². The lowest BCUT2D eigenvalue weighted by atomic mass is 10.2. The van der Waals surface area contributed by atoms with Crippen molar-refractivity contribution in [2.45, 2.75) is 24.3 Å². The van der Waals surface area contributed by atoms with Crippen LogP contribution in [0.3, 0.4) is 0 Å². The minimum absolute atomic E-state index is 0. The normalized spacial score (nSPS) is 21.8. The van der Waals surface area contributed by atoms with Gasteiger partial charge in [0.2, 0.25) is 0 Å². The van der Waals surface area contributed by atoms with Crippen LogP contribution in [0, 0.1) is 0 Å². The Bertz CT molecular complexity index is 688. The standard InChI is InChI=1S/C17H25N3O3S.ClH/c1-2-24(22,23)16-5-3-14(4-6-16)17(21)20-10-7-15(13-20)19-11-8-18-9-12-19;/h3-6,15,18H,2,7-13H2,1H3;1H. The lowest BCUT2D eigenvalue weighted by molar-refractivity contribution is 0.0773. The van der Waals surface area contributed by atoms with Gasteiger partial charge in [0.1, 0.15) is 0 Å². The topological polar surface area (TPSA) is 69.7 Å². The average Bonchev–Trinajstić information content (AvgIpc) is 3.12. The second kappa shape index (κ2) is 8.49. The molecule has 140 valence electrons. The van der Waals surface area contributed by atoms with Crippen LogP contribution < -0.4 is 5.32 Å². The molecule has 1 N–H and O–H groups in total. The van der Waals surface area contributed by atoms with Crippen molar-refractivity contribution in [3.63, 3.8) is 0 Å². The molecule has 0 aliphatic carbocycles. The molecule has 0 aromatic heterocycles. The Labute approximate surface area is 155 Å². The molecule has 0 saturated carbocycles. The fraction of sp³-hybridized carbons (Fsp3) is 0.588. The molecule has 0 radical (unpaired) electrons. The number of carbonyl (C=O) groups is 1. The van der Waals surface area contributed by atoms with Crippen LogP contribution >= 0.6 is 12.4 Å². The van der Waals surface area contributed by atoms with E-state index in [9.17, 15) is 13.2 Å². The number of hydrogen-bond donors (Lipinski definition) is 1. The van der Waals surface area contributed by atoms with Crippen LogP contribution in [-0.2, 0) is 9.84 Å². The highest BCUT2D eigenvalue weighted by Crippen LogP contribution is 2.20. The summed E-state index contributed by atoms with van der Waals surface area (Å²) in [6.45, 7) is 7.24. The smallest absolute Gasteiger partial charge is 0.253 e. The van der Waals surface area contributed by atoms with Gasteiger partial charge in [-0.15, -0.1) is 12.4 Å². The van der Waals surface area contributed by atoms with Gasteiger partial charge in [0.05, 0.1) is 10.6 Å². The monoisotopic (exact) mass is 387 g/mol. The van der Waals surface area contributed by atoms with Crippen molar-refractivity contribution in [1.82, 2.24) is 15.1 Å². The zero-order chi connectivity index (χ0) is 17.2. The summed E-state index contributed by atoms with van der Waals surface area (Å²) in [5.41, 5.74) is 0.561. The highest BCUT2D eigenvalue weighted by molar-refractivity contribution is 7.91. The molecule has 8 heteroatoms. The maximum atomic E-state index is 12.7. The van der Waals surface area contributed by atoms with Crippen LogP contribution in [0.2, 0.25) is 0 Å². The number of carbonyl (C=O) groups excluding carboxylic acids is 1. The van der Waals surface area contributed by atoms with E-state index in [1.807, 2.05) is 4.90 Å². The lowest BCUT2D eigenvalue weighted by Crippen LogP contribution is -2.49. The molecule has 2 fully saturated rings. The molecule has 1 aromatic rings. The summed E-state index contributed by atoms with van der Waals surface area (Å²) >= 11 is 0. The first kappa shape index (κ1) is 20.2. The quantitative estimate of drug-likeness (QED) is 0.835. The molecular formula is C17H26ClN3O3S. The molecule has 2 aliphatic heterocycles. The summed E-state index contributed by atoms with van der Waals surface area (Å²) in [6, 6.07) is 6.77. The van der Waals surface area contributed by atoms with Crippen molar-refractivity contribution >= 4 is 28.2 Å². The van der Waals surface area contributed by atoms with Crippen molar-refractivity contribution in [2.24, 2.45) is 0 Å². The van der Waals surface area contributed by atoms with Gasteiger partial charge in [-0.05, 0) is 30.7 Å². The van der Waals surface area contributed by atoms with Gasteiger partial charge < -0.3 is 10.2 Å². The summed E-state index contributed by atoms with van der Waals surface area (Å²) < 4.78 is 23.7. The highest BCUT2D eigenvalue weighted by Gasteiger charge is 2.31. The maximum Gasteiger partial charge on any atom is 0.253 e. The Morgan fingerprint density at radius 2 is 1.80 bits per heavy atom. The molecule has 6 nitrogen and oxygen atoms in total. The van der Waals surface area contributed by atoms with Gasteiger partial charge in [-0.3, -0.25) is 9.69 Å². The first-order valence-electron chi connectivity index (χ1n) is 8.58. The maximum absolute atomic E-state index is 12.7. The van der Waals surface area contributed by atoms with Gasteiger partial charge in [0.25, 0.3) is 5.91 Å². The van der Waals surface area contributed by atoms with E-state index in [-0.39, 0.29) is 29.0 Å². The predicted molar refractivity (Wildman–Crippen MR) is 100 cm³/mol. The van der Waals surface area contributed by atoms with E-state index in [0.29, 0.717) is 11.6 Å². The Morgan fingerprint density at radius 1 is 1.16 bits per heavy atom. The molecule has 3 rings (SSSR count). The van der Waals surface area contributed by atoms with E-state index < -0.39 is 9.84 Å². The number of likely N-dealkylation sites (tertiary alicyclic amines) is 1. The molecule has 0 spiro atoms. The third-order valence-corrected chi connectivity index (χ3v) is 6.71. The van der Waals surface area contributed by atoms with Crippen molar-refractivity contribution < 1.29 is 13.2 Å². The second-order valence-electron chi connectivity index (χ2n) is 6.41. The average molecular weight is 388 g/mol. The van der Waals surface area contributed by atoms with Gasteiger partial charge in [-0.2, -0.15) is 0 Å². The van der Waals surface area contributed by atoms with E-state index in [4.69, 9.17) is 0 Å². The number of sulfone groups is 1. The van der Waals surface area contributed by atoms with Gasteiger partial charge in [-0.25, -0.2) is 8.42 Å². The Kier molecular flexibility index (Phi) is 6.85. The van der Waals surface area contributed by atoms with Crippen LogP contribution in [0.15, 0.2) is 29.2 Å². The Hall–Kier alpha value is -1.15. The van der Waals surface area contributed by atoms with Crippen LogP contribution in [0.4, 0.5) is 0 Å². The summed E-state index contributed by atoms with van der Waals surface area (Å²) in [4.78, 5) is 17.3. The lowest BCUT2D eigenvalue weighted by Gasteiger charge is -2.32. The van der Waals surface area contributed by atoms with E-state index in [1.165, 1.54) is 12.1 Å². The van der Waals surface area contributed by atoms with Crippen LogP contribution in [0.25, 0.3) is 0 Å². The van der Waals surface area contributed by atoms with Gasteiger partial charge in [-0.1, -0.05) is 6.92 Å². The Balaban J connectivity index is 0.00000225. The third-order valence-electron chi connectivity index (χ3n) is 4.96. The molecule has 2 saturated heterocycles. The summed E-state index contributed by atoms with van der Waals surface area (Å²) in [5, 5.41) is 3.35. The van der Waals surface area contributed by atoms with Gasteiger partial charge >= 0.3 is 0 Å². The third kappa shape index (κ3) is 4.53. The van der Waals surface area contributed by atoms with Crippen LogP contribution in [0.5, 0.6) is 0 Å². The molecule has 1 aromatic carbocycles. The molecule has 2 heterocycles. The summed E-state index contributed by atoms with van der Waals surface area (Å²) in [5.74, 6) is 0.0618. The van der Waals surface area contributed by atoms with Crippen molar-refractivity contribution in [3.8, 4) is 0 Å². The number of nitrogens with zero attached hydrogens (tertiary/aromatic N) is 2. The predicted octanol–water partition coefficient (Wildman–Crippen LogP) is 1.02. The van der Waals surface area contributed by atoms with E-state index in [2.05, 4.69) is 10.2 Å². The van der Waals surface area contributed by atoms with Crippen molar-refractivity contribution in [3.05, 3.63) is 29.8 Å². The second-order valence-corrected chi connectivity index (χ2v) is 8.69. The number of benzene rings is 1. The van der Waals surface area contributed by atoms with Gasteiger partial charge in [0, 0.05) is 50.9 Å². The fourth-order valence-electron chi connectivity index (χ4n) is 3.43. The van der Waals surface area contributed by atoms with Gasteiger partial charge in [0.15, 0.2) is 9.84 Å². The number of amides is 1. The minimum atomic E-state index is -3.22. The zero-order valence-corrected chi connectivity index (χ0v) is 16.1. The fourth-order valence-corrected chi connectivity index (χ4v) is 4.31. The molecular weight excluding hydrogens is 362 g/mol. The highest BCUT2D eigenvalue weighted by atomic mass is 35.5. The van der Waals surface area contributed by atoms with Crippen molar-refractivity contribution in [2.75, 3.05) is 45.0 Å². The summed E-state index contributed by atoms with van der Waals surface area (Å²) in [6.07, 6.45) is 1.01. The van der Waals surface area contributed by atoms with E-state index in [0.717, 1.165) is 45.7 Å². The molecule has 25 heavy (non-hydrogen) atoms. The largest absolute Gasteiger partial charge is 0.337 e. The van der Waals surface area contributed by atoms with E-state index in [1.54, 1.807) is 19.1 Å². The number of rotatable bonds is 4.